The molecule has 0 radical (unpaired) electrons. The van der Waals surface area contributed by atoms with E-state index in [2.05, 4.69) is 26.2 Å². The summed E-state index contributed by atoms with van der Waals surface area (Å²) in [5.74, 6) is 1.52. The highest BCUT2D eigenvalue weighted by molar-refractivity contribution is 9.10. The summed E-state index contributed by atoms with van der Waals surface area (Å²) in [5.41, 5.74) is 2.11. The first-order valence-corrected chi connectivity index (χ1v) is 12.0. The number of furan rings is 1. The Labute approximate surface area is 210 Å². The Kier molecular flexibility index (Phi) is 6.34. The fraction of sp³-hybridized carbons (Fsp3) is 0.154. The Morgan fingerprint density at radius 3 is 2.65 bits per heavy atom. The summed E-state index contributed by atoms with van der Waals surface area (Å²) in [5, 5.41) is 3.95. The van der Waals surface area contributed by atoms with Crippen molar-refractivity contribution in [1.29, 1.82) is 0 Å². The zero-order valence-electron chi connectivity index (χ0n) is 18.2. The number of hydrogen-bond donors (Lipinski definition) is 1. The summed E-state index contributed by atoms with van der Waals surface area (Å²) in [4.78, 5) is 6.56. The van der Waals surface area contributed by atoms with Gasteiger partial charge >= 0.3 is 0 Å². The normalized spacial score (nSPS) is 17.6. The Hall–Kier alpha value is -3.23. The van der Waals surface area contributed by atoms with Crippen LogP contribution < -0.4 is 15.0 Å². The van der Waals surface area contributed by atoms with Crippen molar-refractivity contribution >= 4 is 38.9 Å². The molecule has 0 spiro atoms. The van der Waals surface area contributed by atoms with Gasteiger partial charge in [0.2, 0.25) is 0 Å². The van der Waals surface area contributed by atoms with Crippen molar-refractivity contribution in [3.05, 3.63) is 101 Å². The van der Waals surface area contributed by atoms with Crippen molar-refractivity contribution in [2.45, 2.75) is 19.0 Å². The second kappa shape index (κ2) is 9.56. The van der Waals surface area contributed by atoms with Crippen LogP contribution in [-0.2, 0) is 0 Å². The number of anilines is 1. The number of rotatable bonds is 6. The van der Waals surface area contributed by atoms with Crippen molar-refractivity contribution in [2.24, 2.45) is 0 Å². The largest absolute Gasteiger partial charge is 0.494 e. The highest BCUT2D eigenvalue weighted by Crippen LogP contribution is 2.43. The maximum absolute atomic E-state index is 14.6. The molecule has 2 atom stereocenters. The first-order valence-electron chi connectivity index (χ1n) is 10.8. The number of nitrogens with one attached hydrogen (secondary N) is 1. The molecule has 0 aliphatic carbocycles. The molecular weight excluding hydrogens is 517 g/mol. The molecule has 0 saturated carbocycles. The first kappa shape index (κ1) is 22.6. The van der Waals surface area contributed by atoms with Crippen LogP contribution in [0.2, 0.25) is 0 Å². The van der Waals surface area contributed by atoms with Crippen LogP contribution in [0.5, 0.6) is 5.75 Å². The number of halogens is 2. The molecule has 0 amide bonds. The van der Waals surface area contributed by atoms with Gasteiger partial charge in [0, 0.05) is 16.4 Å². The SMILES string of the molecule is CCOc1ccc(N2C(=S)N[C@@H](c3ccccn3)[C@@H]2c2ccc(-c3ccc(Br)cc3F)o2)cc1. The summed E-state index contributed by atoms with van der Waals surface area (Å²) in [6, 6.07) is 21.5. The molecule has 5 rings (SSSR count). The van der Waals surface area contributed by atoms with Crippen molar-refractivity contribution < 1.29 is 13.5 Å². The van der Waals surface area contributed by atoms with Gasteiger partial charge in [0.1, 0.15) is 29.1 Å². The molecule has 5 nitrogen and oxygen atoms in total. The number of thiocarbonyl (C=S) groups is 1. The predicted octanol–water partition coefficient (Wildman–Crippen LogP) is 6.82. The van der Waals surface area contributed by atoms with Gasteiger partial charge in [0.25, 0.3) is 0 Å². The van der Waals surface area contributed by atoms with E-state index in [0.29, 0.717) is 33.3 Å². The Morgan fingerprint density at radius 2 is 1.94 bits per heavy atom. The lowest BCUT2D eigenvalue weighted by molar-refractivity contribution is 0.340. The van der Waals surface area contributed by atoms with Crippen molar-refractivity contribution in [2.75, 3.05) is 11.5 Å². The fourth-order valence-corrected chi connectivity index (χ4v) is 4.82. The summed E-state index contributed by atoms with van der Waals surface area (Å²) in [6.45, 7) is 2.54. The van der Waals surface area contributed by atoms with E-state index in [0.717, 1.165) is 17.1 Å². The third-order valence-corrected chi connectivity index (χ3v) is 6.45. The number of nitrogens with zero attached hydrogens (tertiary/aromatic N) is 2. The minimum Gasteiger partial charge on any atom is -0.494 e. The van der Waals surface area contributed by atoms with Gasteiger partial charge < -0.3 is 19.4 Å². The molecule has 0 unspecified atom stereocenters. The summed E-state index contributed by atoms with van der Waals surface area (Å²) >= 11 is 9.05. The van der Waals surface area contributed by atoms with E-state index in [9.17, 15) is 4.39 Å². The topological polar surface area (TPSA) is 50.5 Å². The molecule has 2 aromatic heterocycles. The van der Waals surface area contributed by atoms with Gasteiger partial charge in [-0.15, -0.1) is 0 Å². The lowest BCUT2D eigenvalue weighted by atomic mass is 10.0. The molecule has 172 valence electrons. The van der Waals surface area contributed by atoms with Gasteiger partial charge in [-0.2, -0.15) is 0 Å². The van der Waals surface area contributed by atoms with Gasteiger partial charge in [-0.1, -0.05) is 22.0 Å². The Bertz CT molecular complexity index is 1310. The van der Waals surface area contributed by atoms with E-state index in [-0.39, 0.29) is 17.9 Å². The molecular formula is C26H21BrFN3O2S. The van der Waals surface area contributed by atoms with E-state index in [1.165, 1.54) is 6.07 Å². The van der Waals surface area contributed by atoms with Crippen LogP contribution in [0.15, 0.2) is 87.9 Å². The second-order valence-electron chi connectivity index (χ2n) is 7.75. The van der Waals surface area contributed by atoms with Crippen LogP contribution in [0.3, 0.4) is 0 Å². The van der Waals surface area contributed by atoms with Crippen LogP contribution >= 0.6 is 28.1 Å². The van der Waals surface area contributed by atoms with Gasteiger partial charge in [-0.3, -0.25) is 4.98 Å². The Morgan fingerprint density at radius 1 is 1.12 bits per heavy atom. The molecule has 1 fully saturated rings. The van der Waals surface area contributed by atoms with Crippen LogP contribution in [0, 0.1) is 5.82 Å². The number of hydrogen-bond acceptors (Lipinski definition) is 4. The molecule has 34 heavy (non-hydrogen) atoms. The van der Waals surface area contributed by atoms with E-state index < -0.39 is 0 Å². The lowest BCUT2D eigenvalue weighted by Gasteiger charge is -2.26. The van der Waals surface area contributed by atoms with Crippen LogP contribution in [0.25, 0.3) is 11.3 Å². The molecule has 8 heteroatoms. The van der Waals surface area contributed by atoms with Crippen LogP contribution in [0.1, 0.15) is 30.5 Å². The quantitative estimate of drug-likeness (QED) is 0.272. The lowest BCUT2D eigenvalue weighted by Crippen LogP contribution is -2.29. The van der Waals surface area contributed by atoms with Crippen molar-refractivity contribution in [3.8, 4) is 17.1 Å². The summed E-state index contributed by atoms with van der Waals surface area (Å²) < 4.78 is 27.1. The van der Waals surface area contributed by atoms with Gasteiger partial charge in [0.15, 0.2) is 5.11 Å². The van der Waals surface area contributed by atoms with E-state index in [1.807, 2.05) is 60.4 Å². The third-order valence-electron chi connectivity index (χ3n) is 5.64. The molecule has 1 aliphatic rings. The molecule has 2 aromatic carbocycles. The monoisotopic (exact) mass is 537 g/mol. The van der Waals surface area contributed by atoms with Crippen molar-refractivity contribution in [3.63, 3.8) is 0 Å². The minimum atomic E-state index is -0.361. The van der Waals surface area contributed by atoms with Gasteiger partial charge in [0.05, 0.1) is 23.9 Å². The Balaban J connectivity index is 1.57. The molecule has 0 bridgehead atoms. The highest BCUT2D eigenvalue weighted by atomic mass is 79.9. The van der Waals surface area contributed by atoms with Gasteiger partial charge in [-0.05, 0) is 85.9 Å². The zero-order chi connectivity index (χ0) is 23.7. The average Bonchev–Trinajstić information content (AvgIpc) is 3.45. The number of ether oxygens (including phenoxy) is 1. The van der Waals surface area contributed by atoms with E-state index >= 15 is 0 Å². The fourth-order valence-electron chi connectivity index (χ4n) is 4.14. The number of aromatic nitrogens is 1. The van der Waals surface area contributed by atoms with E-state index in [1.54, 1.807) is 24.4 Å². The molecule has 1 N–H and O–H groups in total. The predicted molar refractivity (Wildman–Crippen MR) is 137 cm³/mol. The number of pyridine rings is 1. The maximum Gasteiger partial charge on any atom is 0.174 e. The molecule has 1 aliphatic heterocycles. The molecule has 1 saturated heterocycles. The minimum absolute atomic E-state index is 0.256. The van der Waals surface area contributed by atoms with Crippen molar-refractivity contribution in [1.82, 2.24) is 10.3 Å². The zero-order valence-corrected chi connectivity index (χ0v) is 20.6. The third kappa shape index (κ3) is 4.31. The maximum atomic E-state index is 14.6. The average molecular weight is 538 g/mol. The molecule has 3 heterocycles. The summed E-state index contributed by atoms with van der Waals surface area (Å²) in [7, 11) is 0. The highest BCUT2D eigenvalue weighted by Gasteiger charge is 2.42. The second-order valence-corrected chi connectivity index (χ2v) is 9.05. The van der Waals surface area contributed by atoms with E-state index in [4.69, 9.17) is 21.4 Å². The van der Waals surface area contributed by atoms with Gasteiger partial charge in [-0.25, -0.2) is 4.39 Å². The number of benzene rings is 2. The van der Waals surface area contributed by atoms with Crippen LogP contribution in [-0.4, -0.2) is 16.7 Å². The summed E-state index contributed by atoms with van der Waals surface area (Å²) in [6.07, 6.45) is 1.75. The first-order chi connectivity index (χ1) is 16.5. The van der Waals surface area contributed by atoms with Crippen LogP contribution in [0.4, 0.5) is 10.1 Å². The molecule has 4 aromatic rings. The standard InChI is InChI=1S/C26H21BrFN3O2S/c1-2-32-18-9-7-17(8-10-18)31-25(24(30-26(31)34)21-5-3-4-14-29-21)23-13-12-22(33-23)19-11-6-16(27)15-20(19)28/h3-15,24-25H,2H2,1H3,(H,30,34)/t24-,25-/m0/s1. The smallest absolute Gasteiger partial charge is 0.174 e.